The van der Waals surface area contributed by atoms with Gasteiger partial charge in [-0.05, 0) is 42.5 Å². The Balaban J connectivity index is 1.79. The van der Waals surface area contributed by atoms with E-state index in [9.17, 15) is 4.79 Å². The summed E-state index contributed by atoms with van der Waals surface area (Å²) in [5.74, 6) is 0.912. The highest BCUT2D eigenvalue weighted by molar-refractivity contribution is 6.02. The Morgan fingerprint density at radius 1 is 1.26 bits per heavy atom. The predicted octanol–water partition coefficient (Wildman–Crippen LogP) is 3.71. The van der Waals surface area contributed by atoms with Crippen LogP contribution in [0.3, 0.4) is 0 Å². The van der Waals surface area contributed by atoms with Gasteiger partial charge in [0.2, 0.25) is 0 Å². The molecule has 2 aromatic heterocycles. The molecule has 27 heavy (non-hydrogen) atoms. The van der Waals surface area contributed by atoms with Gasteiger partial charge in [-0.25, -0.2) is 4.52 Å². The van der Waals surface area contributed by atoms with E-state index < -0.39 is 5.91 Å². The van der Waals surface area contributed by atoms with Gasteiger partial charge in [0.15, 0.2) is 0 Å². The van der Waals surface area contributed by atoms with Gasteiger partial charge in [-0.15, -0.1) is 0 Å². The Hall–Kier alpha value is -3.02. The zero-order valence-electron chi connectivity index (χ0n) is 15.6. The van der Waals surface area contributed by atoms with Gasteiger partial charge in [-0.2, -0.15) is 5.10 Å². The number of rotatable bonds is 5. The molecule has 140 valence electrons. The van der Waals surface area contributed by atoms with Crippen molar-refractivity contribution in [3.05, 3.63) is 48.3 Å². The highest BCUT2D eigenvalue weighted by Gasteiger charge is 2.26. The number of benzene rings is 1. The molecule has 1 aliphatic rings. The van der Waals surface area contributed by atoms with E-state index in [0.29, 0.717) is 17.5 Å². The topological polar surface area (TPSA) is 81.6 Å². The van der Waals surface area contributed by atoms with E-state index in [-0.39, 0.29) is 0 Å². The van der Waals surface area contributed by atoms with Crippen LogP contribution in [0.1, 0.15) is 36.5 Å². The molecule has 3 aromatic rings. The van der Waals surface area contributed by atoms with Gasteiger partial charge in [0.25, 0.3) is 5.91 Å². The second kappa shape index (κ2) is 6.95. The van der Waals surface area contributed by atoms with E-state index in [1.54, 1.807) is 17.8 Å². The number of carbonyl (C=O) groups is 1. The number of ether oxygens (including phenoxy) is 1. The summed E-state index contributed by atoms with van der Waals surface area (Å²) in [5.41, 5.74) is 9.77. The van der Waals surface area contributed by atoms with Crippen LogP contribution in [0.2, 0.25) is 0 Å². The van der Waals surface area contributed by atoms with Gasteiger partial charge in [0, 0.05) is 17.8 Å². The number of carbonyl (C=O) groups excluding carboxylic acids is 1. The maximum absolute atomic E-state index is 12.0. The van der Waals surface area contributed by atoms with Gasteiger partial charge in [0.05, 0.1) is 30.1 Å². The molecule has 0 radical (unpaired) electrons. The van der Waals surface area contributed by atoms with Crippen molar-refractivity contribution in [3.63, 3.8) is 0 Å². The first kappa shape index (κ1) is 17.4. The minimum absolute atomic E-state index is 0.341. The SMILES string of the molecule is COc1ccc(-c2cc3c(NC4CCCC4C)c(C(N)=O)cnn3c2)cc1. The fraction of sp³-hybridized carbons (Fsp3) is 0.333. The molecular weight excluding hydrogens is 340 g/mol. The first-order valence-electron chi connectivity index (χ1n) is 9.29. The number of nitrogens with one attached hydrogen (secondary N) is 1. The summed E-state index contributed by atoms with van der Waals surface area (Å²) in [5, 5.41) is 7.97. The fourth-order valence-electron chi connectivity index (χ4n) is 3.88. The molecule has 0 bridgehead atoms. The number of primary amides is 1. The molecular formula is C21H24N4O2. The number of nitrogens with zero attached hydrogens (tertiary/aromatic N) is 2. The molecule has 1 aromatic carbocycles. The second-order valence-corrected chi connectivity index (χ2v) is 7.24. The summed E-state index contributed by atoms with van der Waals surface area (Å²) in [6.45, 7) is 2.24. The van der Waals surface area contributed by atoms with Crippen molar-refractivity contribution >= 4 is 17.1 Å². The van der Waals surface area contributed by atoms with Gasteiger partial charge in [-0.3, -0.25) is 4.79 Å². The number of anilines is 1. The van der Waals surface area contributed by atoms with E-state index in [1.807, 2.05) is 36.5 Å². The third-order valence-corrected chi connectivity index (χ3v) is 5.52. The summed E-state index contributed by atoms with van der Waals surface area (Å²) in [7, 11) is 1.65. The lowest BCUT2D eigenvalue weighted by Crippen LogP contribution is -2.25. The molecule has 2 atom stereocenters. The van der Waals surface area contributed by atoms with Crippen molar-refractivity contribution in [1.29, 1.82) is 0 Å². The number of methoxy groups -OCH3 is 1. The summed E-state index contributed by atoms with van der Waals surface area (Å²) in [6.07, 6.45) is 7.01. The highest BCUT2D eigenvalue weighted by Crippen LogP contribution is 2.33. The molecule has 0 aliphatic heterocycles. The summed E-state index contributed by atoms with van der Waals surface area (Å²) >= 11 is 0. The van der Waals surface area contributed by atoms with E-state index in [1.165, 1.54) is 12.8 Å². The van der Waals surface area contributed by atoms with Crippen molar-refractivity contribution in [2.45, 2.75) is 32.2 Å². The third-order valence-electron chi connectivity index (χ3n) is 5.52. The van der Waals surface area contributed by atoms with Gasteiger partial charge < -0.3 is 15.8 Å². The normalized spacial score (nSPS) is 19.3. The number of fused-ring (bicyclic) bond motifs is 1. The van der Waals surface area contributed by atoms with Crippen LogP contribution in [0.15, 0.2) is 42.7 Å². The average Bonchev–Trinajstić information content (AvgIpc) is 3.28. The van der Waals surface area contributed by atoms with Crippen LogP contribution >= 0.6 is 0 Å². The molecule has 0 spiro atoms. The van der Waals surface area contributed by atoms with E-state index in [0.717, 1.165) is 34.5 Å². The molecule has 1 fully saturated rings. The lowest BCUT2D eigenvalue weighted by Gasteiger charge is -2.20. The van der Waals surface area contributed by atoms with Crippen LogP contribution < -0.4 is 15.8 Å². The molecule has 2 heterocycles. The van der Waals surface area contributed by atoms with Gasteiger partial charge in [-0.1, -0.05) is 25.5 Å². The fourth-order valence-corrected chi connectivity index (χ4v) is 3.88. The lowest BCUT2D eigenvalue weighted by atomic mass is 10.0. The standard InChI is InChI=1S/C21H24N4O2/c1-13-4-3-5-18(13)24-20-17(21(22)26)11-23-25-12-15(10-19(20)25)14-6-8-16(27-2)9-7-14/h6-13,18,24H,3-5H2,1-2H3,(H2,22,26). The monoisotopic (exact) mass is 364 g/mol. The molecule has 3 N–H and O–H groups in total. The minimum atomic E-state index is -0.467. The first-order valence-corrected chi connectivity index (χ1v) is 9.29. The zero-order chi connectivity index (χ0) is 19.0. The molecule has 0 saturated heterocycles. The Bertz CT molecular complexity index is 978. The van der Waals surface area contributed by atoms with Gasteiger partial charge in [0.1, 0.15) is 5.75 Å². The largest absolute Gasteiger partial charge is 0.497 e. The minimum Gasteiger partial charge on any atom is -0.497 e. The number of amides is 1. The summed E-state index contributed by atoms with van der Waals surface area (Å²) in [4.78, 5) is 12.0. The maximum atomic E-state index is 12.0. The van der Waals surface area contributed by atoms with Crippen LogP contribution in [0, 0.1) is 5.92 Å². The smallest absolute Gasteiger partial charge is 0.252 e. The summed E-state index contributed by atoms with van der Waals surface area (Å²) in [6, 6.07) is 10.3. The van der Waals surface area contributed by atoms with Crippen LogP contribution in [-0.4, -0.2) is 28.7 Å². The molecule has 4 rings (SSSR count). The quantitative estimate of drug-likeness (QED) is 0.723. The van der Waals surface area contributed by atoms with Crippen molar-refractivity contribution in [2.24, 2.45) is 11.7 Å². The van der Waals surface area contributed by atoms with Gasteiger partial charge >= 0.3 is 0 Å². The first-order chi connectivity index (χ1) is 13.1. The van der Waals surface area contributed by atoms with Crippen LogP contribution in [0.4, 0.5) is 5.69 Å². The van der Waals surface area contributed by atoms with Crippen LogP contribution in [-0.2, 0) is 0 Å². The number of aromatic nitrogens is 2. The second-order valence-electron chi connectivity index (χ2n) is 7.24. The Kier molecular flexibility index (Phi) is 4.48. The summed E-state index contributed by atoms with van der Waals surface area (Å²) < 4.78 is 7.03. The molecule has 2 unspecified atom stereocenters. The Labute approximate surface area is 158 Å². The number of nitrogens with two attached hydrogens (primary N) is 1. The highest BCUT2D eigenvalue weighted by atomic mass is 16.5. The van der Waals surface area contributed by atoms with Crippen LogP contribution in [0.5, 0.6) is 5.75 Å². The Morgan fingerprint density at radius 3 is 2.67 bits per heavy atom. The maximum Gasteiger partial charge on any atom is 0.252 e. The number of hydrogen-bond acceptors (Lipinski definition) is 4. The van der Waals surface area contributed by atoms with Crippen LogP contribution in [0.25, 0.3) is 16.6 Å². The van der Waals surface area contributed by atoms with E-state index in [4.69, 9.17) is 10.5 Å². The van der Waals surface area contributed by atoms with Crippen molar-refractivity contribution in [2.75, 3.05) is 12.4 Å². The van der Waals surface area contributed by atoms with Crippen molar-refractivity contribution < 1.29 is 9.53 Å². The third kappa shape index (κ3) is 3.23. The van der Waals surface area contributed by atoms with E-state index >= 15 is 0 Å². The molecule has 1 aliphatic carbocycles. The average molecular weight is 364 g/mol. The molecule has 6 nitrogen and oxygen atoms in total. The predicted molar refractivity (Wildman–Crippen MR) is 106 cm³/mol. The number of hydrogen-bond donors (Lipinski definition) is 2. The lowest BCUT2D eigenvalue weighted by molar-refractivity contribution is 0.100. The van der Waals surface area contributed by atoms with Crippen molar-refractivity contribution in [3.8, 4) is 16.9 Å². The van der Waals surface area contributed by atoms with Crippen molar-refractivity contribution in [1.82, 2.24) is 9.61 Å². The molecule has 6 heteroatoms. The molecule has 1 amide bonds. The molecule has 1 saturated carbocycles. The Morgan fingerprint density at radius 2 is 2.04 bits per heavy atom. The van der Waals surface area contributed by atoms with E-state index in [2.05, 4.69) is 17.3 Å². The zero-order valence-corrected chi connectivity index (χ0v) is 15.6.